The Morgan fingerprint density at radius 1 is 1.13 bits per heavy atom. The molecule has 0 atom stereocenters. The number of nitrogens with zero attached hydrogens (tertiary/aromatic N) is 4. The summed E-state index contributed by atoms with van der Waals surface area (Å²) in [5, 5.41) is 0.731. The smallest absolute Gasteiger partial charge is 0.222 e. The van der Waals surface area contributed by atoms with Crippen LogP contribution in [0, 0.1) is 0 Å². The first-order valence-electron chi connectivity index (χ1n) is 4.26. The maximum absolute atomic E-state index is 5.73. The van der Waals surface area contributed by atoms with E-state index in [4.69, 9.17) is 11.5 Å². The van der Waals surface area contributed by atoms with Crippen molar-refractivity contribution in [2.24, 2.45) is 0 Å². The number of imidazole rings is 1. The van der Waals surface area contributed by atoms with Gasteiger partial charge in [-0.05, 0) is 0 Å². The Morgan fingerprint density at radius 2 is 2.00 bits per heavy atom. The van der Waals surface area contributed by atoms with Gasteiger partial charge in [0.25, 0.3) is 0 Å². The number of H-pyrrole nitrogens is 1. The number of fused-ring (bicyclic) bond motifs is 3. The lowest BCUT2D eigenvalue weighted by molar-refractivity contribution is 1.20. The van der Waals surface area contributed by atoms with Crippen molar-refractivity contribution in [2.75, 3.05) is 11.5 Å². The number of aromatic amines is 1. The van der Waals surface area contributed by atoms with Crippen LogP contribution in [-0.2, 0) is 0 Å². The highest BCUT2D eigenvalue weighted by molar-refractivity contribution is 6.04. The fourth-order valence-electron chi connectivity index (χ4n) is 1.50. The largest absolute Gasteiger partial charge is 0.382 e. The molecule has 0 bridgehead atoms. The molecular weight excluding hydrogens is 194 g/mol. The number of nitrogen functional groups attached to an aromatic ring is 2. The summed E-state index contributed by atoms with van der Waals surface area (Å²) in [6.45, 7) is 0. The number of hydrogen-bond donors (Lipinski definition) is 3. The van der Waals surface area contributed by atoms with E-state index in [-0.39, 0.29) is 5.95 Å². The number of hydrogen-bond acceptors (Lipinski definition) is 6. The van der Waals surface area contributed by atoms with E-state index < -0.39 is 0 Å². The molecule has 5 N–H and O–H groups in total. The van der Waals surface area contributed by atoms with Gasteiger partial charge in [0, 0.05) is 6.20 Å². The van der Waals surface area contributed by atoms with Gasteiger partial charge in [0.2, 0.25) is 5.95 Å². The summed E-state index contributed by atoms with van der Waals surface area (Å²) >= 11 is 0. The van der Waals surface area contributed by atoms with Crippen molar-refractivity contribution in [1.29, 1.82) is 0 Å². The molecule has 3 heterocycles. The Labute approximate surface area is 83.6 Å². The average Bonchev–Trinajstić information content (AvgIpc) is 2.66. The van der Waals surface area contributed by atoms with Crippen molar-refractivity contribution in [3.8, 4) is 0 Å². The van der Waals surface area contributed by atoms with Crippen LogP contribution in [0.15, 0.2) is 12.5 Å². The van der Waals surface area contributed by atoms with Gasteiger partial charge in [-0.25, -0.2) is 15.0 Å². The van der Waals surface area contributed by atoms with Gasteiger partial charge in [-0.1, -0.05) is 0 Å². The van der Waals surface area contributed by atoms with Gasteiger partial charge < -0.3 is 16.5 Å². The average molecular weight is 201 g/mol. The SMILES string of the molecule is Nc1ncc2c(n1)nc(N)c1[nH]cnc12. The van der Waals surface area contributed by atoms with E-state index >= 15 is 0 Å². The van der Waals surface area contributed by atoms with Gasteiger partial charge in [-0.2, -0.15) is 4.98 Å². The third-order valence-corrected chi connectivity index (χ3v) is 2.16. The molecule has 0 amide bonds. The number of nitrogens with two attached hydrogens (primary N) is 2. The molecule has 0 aromatic carbocycles. The molecule has 3 aromatic heterocycles. The van der Waals surface area contributed by atoms with Crippen LogP contribution < -0.4 is 11.5 Å². The van der Waals surface area contributed by atoms with Gasteiger partial charge in [-0.3, -0.25) is 0 Å². The Balaban J connectivity index is 2.60. The van der Waals surface area contributed by atoms with Crippen LogP contribution in [0.5, 0.6) is 0 Å². The highest BCUT2D eigenvalue weighted by atomic mass is 15.1. The van der Waals surface area contributed by atoms with Crippen LogP contribution in [-0.4, -0.2) is 24.9 Å². The van der Waals surface area contributed by atoms with E-state index in [0.717, 1.165) is 5.39 Å². The van der Waals surface area contributed by atoms with Crippen molar-refractivity contribution in [3.63, 3.8) is 0 Å². The molecule has 0 aliphatic rings. The van der Waals surface area contributed by atoms with Gasteiger partial charge in [0.15, 0.2) is 11.5 Å². The third-order valence-electron chi connectivity index (χ3n) is 2.16. The lowest BCUT2D eigenvalue weighted by Crippen LogP contribution is -1.99. The molecule has 0 saturated heterocycles. The maximum Gasteiger partial charge on any atom is 0.222 e. The lowest BCUT2D eigenvalue weighted by atomic mass is 10.3. The van der Waals surface area contributed by atoms with Crippen molar-refractivity contribution in [1.82, 2.24) is 24.9 Å². The summed E-state index contributed by atoms with van der Waals surface area (Å²) in [4.78, 5) is 19.0. The molecule has 15 heavy (non-hydrogen) atoms. The fourth-order valence-corrected chi connectivity index (χ4v) is 1.50. The molecular formula is C8H7N7. The van der Waals surface area contributed by atoms with Crippen LogP contribution >= 0.6 is 0 Å². The molecule has 0 spiro atoms. The molecule has 0 aliphatic carbocycles. The van der Waals surface area contributed by atoms with E-state index in [1.165, 1.54) is 0 Å². The predicted molar refractivity (Wildman–Crippen MR) is 55.8 cm³/mol. The normalized spacial score (nSPS) is 11.2. The van der Waals surface area contributed by atoms with Gasteiger partial charge in [0.1, 0.15) is 11.0 Å². The van der Waals surface area contributed by atoms with Crippen LogP contribution in [0.1, 0.15) is 0 Å². The second-order valence-corrected chi connectivity index (χ2v) is 3.09. The topological polar surface area (TPSA) is 119 Å². The van der Waals surface area contributed by atoms with E-state index in [1.54, 1.807) is 12.5 Å². The number of aromatic nitrogens is 5. The fraction of sp³-hybridized carbons (Fsp3) is 0. The van der Waals surface area contributed by atoms with Crippen molar-refractivity contribution in [2.45, 2.75) is 0 Å². The minimum absolute atomic E-state index is 0.171. The minimum Gasteiger partial charge on any atom is -0.382 e. The third kappa shape index (κ3) is 0.997. The monoisotopic (exact) mass is 201 g/mol. The number of rotatable bonds is 0. The van der Waals surface area contributed by atoms with Crippen LogP contribution in [0.4, 0.5) is 11.8 Å². The van der Waals surface area contributed by atoms with Crippen LogP contribution in [0.25, 0.3) is 22.1 Å². The summed E-state index contributed by atoms with van der Waals surface area (Å²) in [6.07, 6.45) is 3.14. The highest BCUT2D eigenvalue weighted by Crippen LogP contribution is 2.23. The first-order valence-corrected chi connectivity index (χ1v) is 4.26. The second kappa shape index (κ2) is 2.53. The molecule has 0 saturated carbocycles. The van der Waals surface area contributed by atoms with Crippen molar-refractivity contribution < 1.29 is 0 Å². The van der Waals surface area contributed by atoms with E-state index in [2.05, 4.69) is 24.9 Å². The van der Waals surface area contributed by atoms with Crippen molar-refractivity contribution in [3.05, 3.63) is 12.5 Å². The highest BCUT2D eigenvalue weighted by Gasteiger charge is 2.09. The summed E-state index contributed by atoms with van der Waals surface area (Å²) in [5.74, 6) is 0.525. The summed E-state index contributed by atoms with van der Waals surface area (Å²) < 4.78 is 0. The predicted octanol–water partition coefficient (Wildman–Crippen LogP) is 0.0655. The molecule has 0 fully saturated rings. The first-order chi connectivity index (χ1) is 7.25. The Hall–Kier alpha value is -2.44. The lowest BCUT2D eigenvalue weighted by Gasteiger charge is -2.00. The maximum atomic E-state index is 5.73. The van der Waals surface area contributed by atoms with Gasteiger partial charge in [0.05, 0.1) is 11.7 Å². The Morgan fingerprint density at radius 3 is 2.87 bits per heavy atom. The van der Waals surface area contributed by atoms with E-state index in [0.29, 0.717) is 22.5 Å². The van der Waals surface area contributed by atoms with Gasteiger partial charge >= 0.3 is 0 Å². The summed E-state index contributed by atoms with van der Waals surface area (Å²) in [6, 6.07) is 0. The quantitative estimate of drug-likeness (QED) is 0.473. The molecule has 0 aliphatic heterocycles. The molecule has 74 valence electrons. The molecule has 0 unspecified atom stereocenters. The standard InChI is InChI=1S/C8H7N7/c9-6-5-4(12-2-13-5)3-1-11-8(10)15-7(3)14-6/h1-2H,(H,12,13)(H4,9,10,11,14,15). The van der Waals surface area contributed by atoms with E-state index in [9.17, 15) is 0 Å². The molecule has 7 heteroatoms. The summed E-state index contributed by atoms with van der Waals surface area (Å²) in [5.41, 5.74) is 13.0. The molecule has 0 radical (unpaired) electrons. The zero-order chi connectivity index (χ0) is 10.4. The zero-order valence-electron chi connectivity index (χ0n) is 7.60. The number of nitrogens with one attached hydrogen (secondary N) is 1. The van der Waals surface area contributed by atoms with Crippen molar-refractivity contribution >= 4 is 33.8 Å². The number of pyridine rings is 1. The van der Waals surface area contributed by atoms with Crippen LogP contribution in [0.2, 0.25) is 0 Å². The Bertz CT molecular complexity index is 656. The molecule has 7 nitrogen and oxygen atoms in total. The minimum atomic E-state index is 0.171. The summed E-state index contributed by atoms with van der Waals surface area (Å²) in [7, 11) is 0. The van der Waals surface area contributed by atoms with Crippen LogP contribution in [0.3, 0.4) is 0 Å². The Kier molecular flexibility index (Phi) is 1.34. The second-order valence-electron chi connectivity index (χ2n) is 3.09. The molecule has 3 aromatic rings. The zero-order valence-corrected chi connectivity index (χ0v) is 7.60. The first kappa shape index (κ1) is 7.92. The van der Waals surface area contributed by atoms with E-state index in [1.807, 2.05) is 0 Å². The molecule has 3 rings (SSSR count). The van der Waals surface area contributed by atoms with Gasteiger partial charge in [-0.15, -0.1) is 0 Å². The number of anilines is 2.